The van der Waals surface area contributed by atoms with Gasteiger partial charge in [-0.25, -0.2) is 0 Å². The standard InChI is InChI=1S/C28H24ClN3O3S/c29-22-8-11-24(25(19-22)32(33)34)26-12-13-27(35-26)28(36)31-16-14-30(15-17-31)23-9-6-21(7-10-23)18-20-4-2-1-3-5-20/h1-13,19H,14-18H2. The van der Waals surface area contributed by atoms with Crippen LogP contribution in [-0.4, -0.2) is 41.0 Å². The third kappa shape index (κ3) is 5.27. The summed E-state index contributed by atoms with van der Waals surface area (Å²) in [5, 5.41) is 11.8. The molecule has 0 bridgehead atoms. The molecule has 182 valence electrons. The van der Waals surface area contributed by atoms with Gasteiger partial charge in [0.15, 0.2) is 5.76 Å². The average Bonchev–Trinajstić information content (AvgIpc) is 3.39. The SMILES string of the molecule is O=[N+]([O-])c1cc(Cl)ccc1-c1ccc(C(=S)N2CCN(c3ccc(Cc4ccccc4)cc3)CC2)o1. The Hall–Kier alpha value is -3.68. The third-order valence-electron chi connectivity index (χ3n) is 6.36. The number of nitro groups is 1. The quantitative estimate of drug-likeness (QED) is 0.163. The molecule has 0 spiro atoms. The predicted octanol–water partition coefficient (Wildman–Crippen LogP) is 6.60. The lowest BCUT2D eigenvalue weighted by Crippen LogP contribution is -2.48. The fraction of sp³-hybridized carbons (Fsp3) is 0.179. The zero-order valence-corrected chi connectivity index (χ0v) is 21.0. The molecule has 0 aliphatic carbocycles. The van der Waals surface area contributed by atoms with Crippen molar-refractivity contribution in [2.75, 3.05) is 31.1 Å². The van der Waals surface area contributed by atoms with Gasteiger partial charge in [0.05, 0.1) is 10.5 Å². The number of anilines is 1. The lowest BCUT2D eigenvalue weighted by molar-refractivity contribution is -0.384. The molecular formula is C28H24ClN3O3S. The normalized spacial score (nSPS) is 13.6. The van der Waals surface area contributed by atoms with Crippen molar-refractivity contribution >= 4 is 40.2 Å². The van der Waals surface area contributed by atoms with Crippen LogP contribution in [0.3, 0.4) is 0 Å². The molecule has 36 heavy (non-hydrogen) atoms. The van der Waals surface area contributed by atoms with Gasteiger partial charge in [-0.15, -0.1) is 0 Å². The second kappa shape index (κ2) is 10.5. The first kappa shape index (κ1) is 24.0. The Kier molecular flexibility index (Phi) is 7.02. The van der Waals surface area contributed by atoms with Crippen LogP contribution in [0.1, 0.15) is 16.9 Å². The molecule has 1 aliphatic rings. The van der Waals surface area contributed by atoms with E-state index in [2.05, 4.69) is 58.3 Å². The van der Waals surface area contributed by atoms with Crippen molar-refractivity contribution in [1.29, 1.82) is 0 Å². The number of hydrogen-bond acceptors (Lipinski definition) is 5. The fourth-order valence-electron chi connectivity index (χ4n) is 4.44. The smallest absolute Gasteiger partial charge is 0.281 e. The lowest BCUT2D eigenvalue weighted by Gasteiger charge is -2.37. The van der Waals surface area contributed by atoms with E-state index in [-0.39, 0.29) is 5.69 Å². The maximum atomic E-state index is 11.5. The van der Waals surface area contributed by atoms with E-state index in [0.717, 1.165) is 32.6 Å². The van der Waals surface area contributed by atoms with Crippen molar-refractivity contribution < 1.29 is 9.34 Å². The Bertz CT molecular complexity index is 1380. The van der Waals surface area contributed by atoms with Gasteiger partial charge >= 0.3 is 0 Å². The molecule has 0 unspecified atom stereocenters. The maximum absolute atomic E-state index is 11.5. The molecule has 1 fully saturated rings. The van der Waals surface area contributed by atoms with E-state index in [0.29, 0.717) is 27.1 Å². The van der Waals surface area contributed by atoms with Crippen LogP contribution in [0.5, 0.6) is 0 Å². The minimum absolute atomic E-state index is 0.0993. The summed E-state index contributed by atoms with van der Waals surface area (Å²) in [5.74, 6) is 0.924. The number of nitro benzene ring substituents is 1. The molecule has 2 heterocycles. The topological polar surface area (TPSA) is 62.8 Å². The van der Waals surface area contributed by atoms with Gasteiger partial charge in [0, 0.05) is 43.0 Å². The number of thiocarbonyl (C=S) groups is 1. The fourth-order valence-corrected chi connectivity index (χ4v) is 4.90. The molecule has 6 nitrogen and oxygen atoms in total. The van der Waals surface area contributed by atoms with Crippen LogP contribution in [0, 0.1) is 10.1 Å². The van der Waals surface area contributed by atoms with E-state index in [4.69, 9.17) is 28.2 Å². The molecule has 3 aromatic carbocycles. The van der Waals surface area contributed by atoms with Crippen LogP contribution in [-0.2, 0) is 6.42 Å². The number of furan rings is 1. The third-order valence-corrected chi connectivity index (χ3v) is 7.05. The summed E-state index contributed by atoms with van der Waals surface area (Å²) in [6, 6.07) is 27.2. The molecule has 5 rings (SSSR count). The summed E-state index contributed by atoms with van der Waals surface area (Å²) in [5.41, 5.74) is 4.07. The predicted molar refractivity (Wildman–Crippen MR) is 147 cm³/mol. The van der Waals surface area contributed by atoms with Crippen LogP contribution < -0.4 is 4.90 Å². The molecular weight excluding hydrogens is 494 g/mol. The minimum atomic E-state index is -0.463. The molecule has 1 aliphatic heterocycles. The first-order chi connectivity index (χ1) is 17.5. The molecule has 0 radical (unpaired) electrons. The molecule has 0 saturated carbocycles. The van der Waals surface area contributed by atoms with Crippen molar-refractivity contribution in [3.8, 4) is 11.3 Å². The van der Waals surface area contributed by atoms with E-state index in [1.54, 1.807) is 24.3 Å². The molecule has 0 N–H and O–H groups in total. The van der Waals surface area contributed by atoms with E-state index < -0.39 is 4.92 Å². The van der Waals surface area contributed by atoms with Crippen molar-refractivity contribution in [3.63, 3.8) is 0 Å². The number of hydrogen-bond donors (Lipinski definition) is 0. The summed E-state index contributed by atoms with van der Waals surface area (Å²) < 4.78 is 5.94. The zero-order chi connectivity index (χ0) is 25.1. The van der Waals surface area contributed by atoms with Crippen molar-refractivity contribution in [2.24, 2.45) is 0 Å². The molecule has 1 saturated heterocycles. The highest BCUT2D eigenvalue weighted by Crippen LogP contribution is 2.33. The van der Waals surface area contributed by atoms with Crippen LogP contribution in [0.4, 0.5) is 11.4 Å². The highest BCUT2D eigenvalue weighted by atomic mass is 35.5. The summed E-state index contributed by atoms with van der Waals surface area (Å²) in [6.07, 6.45) is 0.924. The van der Waals surface area contributed by atoms with Gasteiger partial charge in [-0.3, -0.25) is 10.1 Å². The largest absolute Gasteiger partial charge is 0.453 e. The Balaban J connectivity index is 1.21. The molecule has 0 amide bonds. The molecule has 4 aromatic rings. The summed E-state index contributed by atoms with van der Waals surface area (Å²) in [6.45, 7) is 3.21. The highest BCUT2D eigenvalue weighted by Gasteiger charge is 2.24. The second-order valence-corrected chi connectivity index (χ2v) is 9.51. The van der Waals surface area contributed by atoms with Gasteiger partial charge < -0.3 is 14.2 Å². The number of piperazine rings is 1. The van der Waals surface area contributed by atoms with E-state index in [9.17, 15) is 10.1 Å². The Morgan fingerprint density at radius 2 is 1.61 bits per heavy atom. The van der Waals surface area contributed by atoms with Crippen molar-refractivity contribution in [3.05, 3.63) is 117 Å². The summed E-state index contributed by atoms with van der Waals surface area (Å²) in [7, 11) is 0. The number of halogens is 1. The Morgan fingerprint density at radius 3 is 2.31 bits per heavy atom. The van der Waals surface area contributed by atoms with Gasteiger partial charge in [0.1, 0.15) is 10.7 Å². The van der Waals surface area contributed by atoms with Gasteiger partial charge in [-0.05, 0) is 53.9 Å². The summed E-state index contributed by atoms with van der Waals surface area (Å²) in [4.78, 5) is 16.1. The Labute approximate surface area is 219 Å². The number of nitrogens with zero attached hydrogens (tertiary/aromatic N) is 3. The van der Waals surface area contributed by atoms with Crippen molar-refractivity contribution in [2.45, 2.75) is 6.42 Å². The lowest BCUT2D eigenvalue weighted by atomic mass is 10.0. The highest BCUT2D eigenvalue weighted by molar-refractivity contribution is 7.80. The van der Waals surface area contributed by atoms with Crippen LogP contribution in [0.15, 0.2) is 89.3 Å². The van der Waals surface area contributed by atoms with Crippen LogP contribution in [0.25, 0.3) is 11.3 Å². The minimum Gasteiger partial charge on any atom is -0.453 e. The van der Waals surface area contributed by atoms with Crippen LogP contribution in [0.2, 0.25) is 5.02 Å². The van der Waals surface area contributed by atoms with Crippen molar-refractivity contribution in [1.82, 2.24) is 4.90 Å². The first-order valence-electron chi connectivity index (χ1n) is 11.7. The molecule has 8 heteroatoms. The number of rotatable bonds is 6. The zero-order valence-electron chi connectivity index (χ0n) is 19.5. The summed E-state index contributed by atoms with van der Waals surface area (Å²) >= 11 is 11.6. The van der Waals surface area contributed by atoms with Gasteiger partial charge in [0.25, 0.3) is 5.69 Å². The van der Waals surface area contributed by atoms with Gasteiger partial charge in [-0.2, -0.15) is 0 Å². The maximum Gasteiger partial charge on any atom is 0.281 e. The molecule has 1 aromatic heterocycles. The molecule has 0 atom stereocenters. The first-order valence-corrected chi connectivity index (χ1v) is 12.5. The number of benzene rings is 3. The average molecular weight is 518 g/mol. The van der Waals surface area contributed by atoms with E-state index in [1.165, 1.54) is 22.9 Å². The van der Waals surface area contributed by atoms with Gasteiger partial charge in [-0.1, -0.05) is 66.3 Å². The Morgan fingerprint density at radius 1 is 0.917 bits per heavy atom. The monoisotopic (exact) mass is 517 g/mol. The van der Waals surface area contributed by atoms with Gasteiger partial charge in [0.2, 0.25) is 0 Å². The van der Waals surface area contributed by atoms with E-state index >= 15 is 0 Å². The second-order valence-electron chi connectivity index (χ2n) is 8.69. The van der Waals surface area contributed by atoms with E-state index in [1.807, 2.05) is 6.07 Å². The van der Waals surface area contributed by atoms with Crippen LogP contribution >= 0.6 is 23.8 Å².